The number of amides is 1. The molecule has 1 amide bonds. The number of aromatic nitrogens is 2. The van der Waals surface area contributed by atoms with Crippen molar-refractivity contribution in [2.24, 2.45) is 0 Å². The van der Waals surface area contributed by atoms with Crippen LogP contribution < -0.4 is 5.32 Å². The van der Waals surface area contributed by atoms with Crippen LogP contribution in [0.1, 0.15) is 12.6 Å². The molecule has 1 aromatic heterocycles. The molecule has 106 valence electrons. The minimum atomic E-state index is -0.126. The zero-order valence-corrected chi connectivity index (χ0v) is 11.8. The molecule has 1 aliphatic rings. The third-order valence-electron chi connectivity index (χ3n) is 2.95. The normalized spacial score (nSPS) is 22.7. The first kappa shape index (κ1) is 14.3. The van der Waals surface area contributed by atoms with Crippen LogP contribution in [0, 0.1) is 6.92 Å². The van der Waals surface area contributed by atoms with Crippen LogP contribution in [0.25, 0.3) is 0 Å². The van der Waals surface area contributed by atoms with E-state index >= 15 is 0 Å². The van der Waals surface area contributed by atoms with Gasteiger partial charge in [-0.3, -0.25) is 9.48 Å². The third-order valence-corrected chi connectivity index (χ3v) is 3.32. The van der Waals surface area contributed by atoms with Crippen LogP contribution in [-0.2, 0) is 20.8 Å². The first-order valence-electron chi connectivity index (χ1n) is 6.28. The van der Waals surface area contributed by atoms with Crippen LogP contribution in [0.2, 0.25) is 5.02 Å². The number of nitrogens with zero attached hydrogens (tertiary/aromatic N) is 2. The second kappa shape index (κ2) is 6.36. The highest BCUT2D eigenvalue weighted by atomic mass is 35.5. The second-order valence-electron chi connectivity index (χ2n) is 4.47. The Labute approximate surface area is 117 Å². The molecule has 0 aliphatic carbocycles. The Bertz CT molecular complexity index is 430. The summed E-state index contributed by atoms with van der Waals surface area (Å²) in [6, 6.07) is -0.0976. The zero-order chi connectivity index (χ0) is 13.8. The van der Waals surface area contributed by atoms with Gasteiger partial charge in [0.05, 0.1) is 30.0 Å². The number of carbonyl (C=O) groups excluding carboxylic acids is 1. The van der Waals surface area contributed by atoms with Gasteiger partial charge in [-0.25, -0.2) is 0 Å². The van der Waals surface area contributed by atoms with E-state index in [1.54, 1.807) is 13.1 Å². The SMILES string of the molecule is CCO[C@H]1COC[C@@H]1NC(=O)Cn1cc(Cl)c(C)n1. The highest BCUT2D eigenvalue weighted by Crippen LogP contribution is 2.12. The van der Waals surface area contributed by atoms with E-state index in [1.807, 2.05) is 6.92 Å². The average molecular weight is 288 g/mol. The van der Waals surface area contributed by atoms with Crippen molar-refractivity contribution < 1.29 is 14.3 Å². The number of ether oxygens (including phenoxy) is 2. The quantitative estimate of drug-likeness (QED) is 0.868. The average Bonchev–Trinajstić information content (AvgIpc) is 2.88. The maximum absolute atomic E-state index is 11.9. The van der Waals surface area contributed by atoms with Gasteiger partial charge < -0.3 is 14.8 Å². The Balaban J connectivity index is 1.87. The van der Waals surface area contributed by atoms with Gasteiger partial charge in [0, 0.05) is 12.8 Å². The molecule has 7 heteroatoms. The van der Waals surface area contributed by atoms with Crippen LogP contribution in [0.3, 0.4) is 0 Å². The topological polar surface area (TPSA) is 65.4 Å². The van der Waals surface area contributed by atoms with Gasteiger partial charge in [0.1, 0.15) is 12.6 Å². The second-order valence-corrected chi connectivity index (χ2v) is 4.87. The van der Waals surface area contributed by atoms with E-state index < -0.39 is 0 Å². The van der Waals surface area contributed by atoms with Crippen molar-refractivity contribution in [1.82, 2.24) is 15.1 Å². The molecule has 0 saturated carbocycles. The fraction of sp³-hybridized carbons (Fsp3) is 0.667. The summed E-state index contributed by atoms with van der Waals surface area (Å²) in [5, 5.41) is 7.60. The number of halogens is 1. The van der Waals surface area contributed by atoms with Crippen LogP contribution in [0.15, 0.2) is 6.20 Å². The molecule has 1 N–H and O–H groups in total. The summed E-state index contributed by atoms with van der Waals surface area (Å²) in [5.41, 5.74) is 0.714. The molecule has 0 unspecified atom stereocenters. The lowest BCUT2D eigenvalue weighted by Gasteiger charge is -2.18. The van der Waals surface area contributed by atoms with E-state index in [2.05, 4.69) is 10.4 Å². The summed E-state index contributed by atoms with van der Waals surface area (Å²) in [4.78, 5) is 11.9. The highest BCUT2D eigenvalue weighted by Gasteiger charge is 2.29. The highest BCUT2D eigenvalue weighted by molar-refractivity contribution is 6.31. The zero-order valence-electron chi connectivity index (χ0n) is 11.1. The first-order chi connectivity index (χ1) is 9.10. The fourth-order valence-corrected chi connectivity index (χ4v) is 2.17. The van der Waals surface area contributed by atoms with Crippen LogP contribution >= 0.6 is 11.6 Å². The fourth-order valence-electron chi connectivity index (χ4n) is 2.02. The smallest absolute Gasteiger partial charge is 0.242 e. The van der Waals surface area contributed by atoms with E-state index in [0.29, 0.717) is 30.5 Å². The molecule has 1 saturated heterocycles. The van der Waals surface area contributed by atoms with Crippen molar-refractivity contribution in [1.29, 1.82) is 0 Å². The molecule has 19 heavy (non-hydrogen) atoms. The van der Waals surface area contributed by atoms with Crippen molar-refractivity contribution in [3.8, 4) is 0 Å². The molecule has 2 atom stereocenters. The van der Waals surface area contributed by atoms with Gasteiger partial charge in [0.25, 0.3) is 0 Å². The van der Waals surface area contributed by atoms with E-state index in [1.165, 1.54) is 4.68 Å². The molecule has 1 fully saturated rings. The number of hydrogen-bond acceptors (Lipinski definition) is 4. The van der Waals surface area contributed by atoms with Gasteiger partial charge >= 0.3 is 0 Å². The molecular weight excluding hydrogens is 270 g/mol. The van der Waals surface area contributed by atoms with E-state index in [4.69, 9.17) is 21.1 Å². The van der Waals surface area contributed by atoms with Crippen molar-refractivity contribution >= 4 is 17.5 Å². The summed E-state index contributed by atoms with van der Waals surface area (Å²) in [7, 11) is 0. The summed E-state index contributed by atoms with van der Waals surface area (Å²) < 4.78 is 12.3. The van der Waals surface area contributed by atoms with Crippen molar-refractivity contribution in [3.63, 3.8) is 0 Å². The van der Waals surface area contributed by atoms with E-state index in [-0.39, 0.29) is 24.6 Å². The molecule has 0 spiro atoms. The van der Waals surface area contributed by atoms with Gasteiger partial charge in [-0.15, -0.1) is 0 Å². The van der Waals surface area contributed by atoms with Crippen LogP contribution in [-0.4, -0.2) is 47.7 Å². The van der Waals surface area contributed by atoms with Gasteiger partial charge in [0.2, 0.25) is 5.91 Å². The molecule has 6 nitrogen and oxygen atoms in total. The van der Waals surface area contributed by atoms with Crippen molar-refractivity contribution in [2.45, 2.75) is 32.5 Å². The molecule has 1 aromatic rings. The lowest BCUT2D eigenvalue weighted by molar-refractivity contribution is -0.123. The molecule has 0 radical (unpaired) electrons. The minimum Gasteiger partial charge on any atom is -0.376 e. The Morgan fingerprint density at radius 1 is 1.68 bits per heavy atom. The summed E-state index contributed by atoms with van der Waals surface area (Å²) in [6.45, 7) is 5.47. The first-order valence-corrected chi connectivity index (χ1v) is 6.66. The van der Waals surface area contributed by atoms with Gasteiger partial charge in [-0.05, 0) is 13.8 Å². The minimum absolute atomic E-state index is 0.0723. The molecule has 0 bridgehead atoms. The molecule has 0 aromatic carbocycles. The number of aryl methyl sites for hydroxylation is 1. The maximum atomic E-state index is 11.9. The maximum Gasteiger partial charge on any atom is 0.242 e. The summed E-state index contributed by atoms with van der Waals surface area (Å²) in [5.74, 6) is -0.126. The van der Waals surface area contributed by atoms with Crippen molar-refractivity contribution in [2.75, 3.05) is 19.8 Å². The molecular formula is C12H18ClN3O3. The third kappa shape index (κ3) is 3.68. The van der Waals surface area contributed by atoms with E-state index in [9.17, 15) is 4.79 Å². The van der Waals surface area contributed by atoms with Crippen LogP contribution in [0.5, 0.6) is 0 Å². The van der Waals surface area contributed by atoms with Crippen LogP contribution in [0.4, 0.5) is 0 Å². The number of carbonyl (C=O) groups is 1. The summed E-state index contributed by atoms with van der Waals surface area (Å²) in [6.07, 6.45) is 1.57. The summed E-state index contributed by atoms with van der Waals surface area (Å²) >= 11 is 5.89. The monoisotopic (exact) mass is 287 g/mol. The molecule has 2 rings (SSSR count). The van der Waals surface area contributed by atoms with Gasteiger partial charge in [-0.1, -0.05) is 11.6 Å². The lowest BCUT2D eigenvalue weighted by atomic mass is 10.2. The van der Waals surface area contributed by atoms with Gasteiger partial charge in [0.15, 0.2) is 0 Å². The Kier molecular flexibility index (Phi) is 4.79. The predicted octanol–water partition coefficient (Wildman–Crippen LogP) is 0.765. The predicted molar refractivity (Wildman–Crippen MR) is 70.1 cm³/mol. The Morgan fingerprint density at radius 3 is 3.11 bits per heavy atom. The number of nitrogens with one attached hydrogen (secondary N) is 1. The number of hydrogen-bond donors (Lipinski definition) is 1. The van der Waals surface area contributed by atoms with Gasteiger partial charge in [-0.2, -0.15) is 5.10 Å². The Hall–Kier alpha value is -1.11. The molecule has 2 heterocycles. The largest absolute Gasteiger partial charge is 0.376 e. The standard InChI is InChI=1S/C12H18ClN3O3/c1-3-19-11-7-18-6-10(11)14-12(17)5-16-4-9(13)8(2)15-16/h4,10-11H,3,5-7H2,1-2H3,(H,14,17)/t10-,11-/m0/s1. The number of rotatable bonds is 5. The molecule has 1 aliphatic heterocycles. The Morgan fingerprint density at radius 2 is 2.47 bits per heavy atom. The van der Waals surface area contributed by atoms with E-state index in [0.717, 1.165) is 0 Å². The van der Waals surface area contributed by atoms with Crippen molar-refractivity contribution in [3.05, 3.63) is 16.9 Å². The lowest BCUT2D eigenvalue weighted by Crippen LogP contribution is -2.45.